The molecule has 0 amide bonds. The van der Waals surface area contributed by atoms with E-state index in [4.69, 9.17) is 0 Å². The highest BCUT2D eigenvalue weighted by atomic mass is 32.2. The van der Waals surface area contributed by atoms with Gasteiger partial charge in [0.05, 0.1) is 4.92 Å². The summed E-state index contributed by atoms with van der Waals surface area (Å²) >= 11 is 2.64. The molecule has 0 aliphatic heterocycles. The lowest BCUT2D eigenvalue weighted by molar-refractivity contribution is -0.387. The Morgan fingerprint density at radius 1 is 1.53 bits per heavy atom. The first kappa shape index (κ1) is 11.9. The third-order valence-electron chi connectivity index (χ3n) is 1.95. The molecule has 5 nitrogen and oxygen atoms in total. The molecule has 0 aliphatic rings. The van der Waals surface area contributed by atoms with Gasteiger partial charge in [-0.15, -0.1) is 10.2 Å². The Kier molecular flexibility index (Phi) is 3.64. The highest BCUT2D eigenvalue weighted by Crippen LogP contribution is 2.27. The van der Waals surface area contributed by atoms with E-state index in [9.17, 15) is 14.5 Å². The maximum Gasteiger partial charge on any atom is 0.305 e. The molecular weight excluding hydrogens is 265 g/mol. The molecule has 0 N–H and O–H groups in total. The van der Waals surface area contributed by atoms with Gasteiger partial charge in [-0.2, -0.15) is 4.39 Å². The van der Waals surface area contributed by atoms with Gasteiger partial charge < -0.3 is 0 Å². The van der Waals surface area contributed by atoms with Crippen molar-refractivity contribution in [3.63, 3.8) is 0 Å². The van der Waals surface area contributed by atoms with E-state index in [1.807, 2.05) is 0 Å². The van der Waals surface area contributed by atoms with Crippen LogP contribution in [0.1, 0.15) is 5.56 Å². The van der Waals surface area contributed by atoms with Crippen molar-refractivity contribution in [2.24, 2.45) is 0 Å². The lowest BCUT2D eigenvalue weighted by Gasteiger charge is -2.01. The molecule has 0 aliphatic carbocycles. The number of halogens is 1. The zero-order valence-electron chi connectivity index (χ0n) is 8.37. The van der Waals surface area contributed by atoms with Gasteiger partial charge >= 0.3 is 5.69 Å². The quantitative estimate of drug-likeness (QED) is 0.486. The van der Waals surface area contributed by atoms with Crippen LogP contribution in [0.2, 0.25) is 0 Å². The smallest absolute Gasteiger partial charge is 0.258 e. The molecule has 0 saturated carbocycles. The van der Waals surface area contributed by atoms with Crippen LogP contribution >= 0.6 is 23.1 Å². The average molecular weight is 271 g/mol. The molecule has 17 heavy (non-hydrogen) atoms. The second kappa shape index (κ2) is 5.19. The third-order valence-corrected chi connectivity index (χ3v) is 3.86. The van der Waals surface area contributed by atoms with Crippen LogP contribution in [0.3, 0.4) is 0 Å². The lowest BCUT2D eigenvalue weighted by atomic mass is 10.2. The molecule has 0 fully saturated rings. The monoisotopic (exact) mass is 271 g/mol. The molecule has 0 atom stereocenters. The number of benzene rings is 1. The number of rotatable bonds is 4. The Hall–Kier alpha value is -1.54. The van der Waals surface area contributed by atoms with E-state index in [0.29, 0.717) is 15.7 Å². The molecule has 0 unspecified atom stereocenters. The minimum absolute atomic E-state index is 0.291. The van der Waals surface area contributed by atoms with Gasteiger partial charge in [-0.1, -0.05) is 35.2 Å². The maximum atomic E-state index is 13.7. The molecule has 2 rings (SSSR count). The first-order valence-electron chi connectivity index (χ1n) is 4.49. The molecule has 0 spiro atoms. The fraction of sp³-hybridized carbons (Fsp3) is 0.111. The first-order chi connectivity index (χ1) is 8.18. The number of hydrogen-bond donors (Lipinski definition) is 0. The van der Waals surface area contributed by atoms with Crippen LogP contribution < -0.4 is 0 Å². The van der Waals surface area contributed by atoms with Gasteiger partial charge in [-0.25, -0.2) is 0 Å². The molecule has 0 saturated heterocycles. The summed E-state index contributed by atoms with van der Waals surface area (Å²) in [6, 6.07) is 4.14. The summed E-state index contributed by atoms with van der Waals surface area (Å²) in [5.74, 6) is -0.489. The van der Waals surface area contributed by atoms with Crippen molar-refractivity contribution >= 4 is 28.8 Å². The predicted molar refractivity (Wildman–Crippen MR) is 62.5 cm³/mol. The molecule has 2 aromatic rings. The highest BCUT2D eigenvalue weighted by molar-refractivity contribution is 8.00. The zero-order chi connectivity index (χ0) is 12.3. The number of aromatic nitrogens is 2. The van der Waals surface area contributed by atoms with Gasteiger partial charge in [0.1, 0.15) is 5.51 Å². The Balaban J connectivity index is 2.16. The van der Waals surface area contributed by atoms with Gasteiger partial charge in [-0.05, 0) is 0 Å². The van der Waals surface area contributed by atoms with Crippen molar-refractivity contribution < 1.29 is 9.31 Å². The number of hydrogen-bond acceptors (Lipinski definition) is 6. The second-order valence-corrected chi connectivity index (χ2v) is 5.06. The van der Waals surface area contributed by atoms with Crippen LogP contribution in [0.4, 0.5) is 10.1 Å². The summed E-state index contributed by atoms with van der Waals surface area (Å²) in [5.41, 5.74) is 1.37. The van der Waals surface area contributed by atoms with Gasteiger partial charge in [0, 0.05) is 17.4 Å². The van der Waals surface area contributed by atoms with Crippen molar-refractivity contribution in [2.75, 3.05) is 0 Å². The van der Waals surface area contributed by atoms with E-state index in [-0.39, 0.29) is 0 Å². The van der Waals surface area contributed by atoms with Crippen LogP contribution in [-0.4, -0.2) is 15.1 Å². The van der Waals surface area contributed by atoms with Crippen molar-refractivity contribution in [1.29, 1.82) is 0 Å². The molecule has 1 heterocycles. The predicted octanol–water partition coefficient (Wildman–Crippen LogP) is 2.88. The van der Waals surface area contributed by atoms with Gasteiger partial charge in [0.2, 0.25) is 5.82 Å². The lowest BCUT2D eigenvalue weighted by Crippen LogP contribution is -1.96. The second-order valence-electron chi connectivity index (χ2n) is 3.00. The number of nitro groups is 1. The van der Waals surface area contributed by atoms with Crippen molar-refractivity contribution in [3.05, 3.63) is 45.2 Å². The molecule has 88 valence electrons. The highest BCUT2D eigenvalue weighted by Gasteiger charge is 2.17. The standard InChI is InChI=1S/C9H6FN3O2S2/c10-8-6(2-1-3-7(8)13(14)15)4-16-9-12-11-5-17-9/h1-3,5H,4H2. The Labute approximate surface area is 104 Å². The summed E-state index contributed by atoms with van der Waals surface area (Å²) in [6.07, 6.45) is 0. The molecular formula is C9H6FN3O2S2. The Bertz CT molecular complexity index is 533. The summed E-state index contributed by atoms with van der Waals surface area (Å²) < 4.78 is 14.4. The van der Waals surface area contributed by atoms with Crippen LogP contribution in [0, 0.1) is 15.9 Å². The Morgan fingerprint density at radius 2 is 2.35 bits per heavy atom. The van der Waals surface area contributed by atoms with E-state index in [2.05, 4.69) is 10.2 Å². The van der Waals surface area contributed by atoms with E-state index in [1.54, 1.807) is 5.51 Å². The maximum absolute atomic E-state index is 13.7. The van der Waals surface area contributed by atoms with Crippen LogP contribution in [0.5, 0.6) is 0 Å². The number of nitrogens with zero attached hydrogens (tertiary/aromatic N) is 3. The molecule has 8 heteroatoms. The molecule has 1 aromatic heterocycles. The summed E-state index contributed by atoms with van der Waals surface area (Å²) in [4.78, 5) is 9.82. The Morgan fingerprint density at radius 3 is 3.00 bits per heavy atom. The third kappa shape index (κ3) is 2.77. The number of nitro benzene ring substituents is 1. The minimum Gasteiger partial charge on any atom is -0.258 e. The van der Waals surface area contributed by atoms with Crippen LogP contribution in [0.25, 0.3) is 0 Å². The summed E-state index contributed by atoms with van der Waals surface area (Å²) in [7, 11) is 0. The average Bonchev–Trinajstić information content (AvgIpc) is 2.80. The van der Waals surface area contributed by atoms with Crippen LogP contribution in [-0.2, 0) is 5.75 Å². The normalized spacial score (nSPS) is 10.4. The van der Waals surface area contributed by atoms with Crippen molar-refractivity contribution in [1.82, 2.24) is 10.2 Å². The van der Waals surface area contributed by atoms with E-state index < -0.39 is 16.4 Å². The summed E-state index contributed by atoms with van der Waals surface area (Å²) in [5, 5.41) is 18.0. The summed E-state index contributed by atoms with van der Waals surface area (Å²) in [6.45, 7) is 0. The van der Waals surface area contributed by atoms with E-state index >= 15 is 0 Å². The van der Waals surface area contributed by atoms with Crippen molar-refractivity contribution in [2.45, 2.75) is 10.1 Å². The minimum atomic E-state index is -0.783. The van der Waals surface area contributed by atoms with Gasteiger partial charge in [0.15, 0.2) is 4.34 Å². The first-order valence-corrected chi connectivity index (χ1v) is 6.35. The fourth-order valence-electron chi connectivity index (χ4n) is 1.18. The van der Waals surface area contributed by atoms with Gasteiger partial charge in [-0.3, -0.25) is 10.1 Å². The van der Waals surface area contributed by atoms with Crippen molar-refractivity contribution in [3.8, 4) is 0 Å². The SMILES string of the molecule is O=[N+]([O-])c1cccc(CSc2nncs2)c1F. The zero-order valence-corrected chi connectivity index (χ0v) is 10.0. The number of thioether (sulfide) groups is 1. The topological polar surface area (TPSA) is 68.9 Å². The molecule has 0 bridgehead atoms. The largest absolute Gasteiger partial charge is 0.305 e. The van der Waals surface area contributed by atoms with Gasteiger partial charge in [0.25, 0.3) is 0 Å². The van der Waals surface area contributed by atoms with E-state index in [1.165, 1.54) is 35.2 Å². The van der Waals surface area contributed by atoms with E-state index in [0.717, 1.165) is 6.07 Å². The molecule has 1 aromatic carbocycles. The fourth-order valence-corrected chi connectivity index (χ4v) is 2.65. The van der Waals surface area contributed by atoms with Crippen LogP contribution in [0.15, 0.2) is 28.0 Å². The molecule has 0 radical (unpaired) electrons.